The van der Waals surface area contributed by atoms with E-state index in [1.165, 1.54) is 5.56 Å². The van der Waals surface area contributed by atoms with E-state index in [2.05, 4.69) is 41.5 Å². The maximum Gasteiger partial charge on any atom is 0.325 e. The van der Waals surface area contributed by atoms with Crippen LogP contribution < -0.4 is 10.6 Å². The molecule has 170 valence electrons. The second kappa shape index (κ2) is 10.4. The standard InChI is InChI=1S/C25H32N4O3/c1-4-28(5-2)21(16-19-12-8-6-9-13-19)17-26-22(30)18-29-23(31)25(3,27-24(29)32)20-14-10-7-11-15-20/h6-15,21H,4-5,16-18H2,1-3H3,(H,26,30)(H,27,32). The molecule has 4 amide bonds. The van der Waals surface area contributed by atoms with E-state index in [9.17, 15) is 14.4 Å². The first-order chi connectivity index (χ1) is 15.4. The molecule has 0 bridgehead atoms. The summed E-state index contributed by atoms with van der Waals surface area (Å²) in [7, 11) is 0. The highest BCUT2D eigenvalue weighted by atomic mass is 16.2. The Morgan fingerprint density at radius 3 is 2.22 bits per heavy atom. The van der Waals surface area contributed by atoms with E-state index in [0.717, 1.165) is 24.4 Å². The first-order valence-electron chi connectivity index (χ1n) is 11.1. The first-order valence-corrected chi connectivity index (χ1v) is 11.1. The highest BCUT2D eigenvalue weighted by molar-refractivity contribution is 6.09. The van der Waals surface area contributed by atoms with Gasteiger partial charge < -0.3 is 10.6 Å². The van der Waals surface area contributed by atoms with E-state index in [-0.39, 0.29) is 18.5 Å². The number of hydrogen-bond acceptors (Lipinski definition) is 4. The third-order valence-corrected chi connectivity index (χ3v) is 6.11. The molecule has 1 aliphatic heterocycles. The average Bonchev–Trinajstić information content (AvgIpc) is 3.03. The van der Waals surface area contributed by atoms with Crippen LogP contribution in [0.4, 0.5) is 4.79 Å². The Morgan fingerprint density at radius 2 is 1.62 bits per heavy atom. The molecule has 0 spiro atoms. The van der Waals surface area contributed by atoms with E-state index in [4.69, 9.17) is 0 Å². The fourth-order valence-corrected chi connectivity index (χ4v) is 4.20. The topological polar surface area (TPSA) is 81.8 Å². The number of urea groups is 1. The van der Waals surface area contributed by atoms with Crippen molar-refractivity contribution >= 4 is 17.8 Å². The van der Waals surface area contributed by atoms with Gasteiger partial charge in [-0.3, -0.25) is 19.4 Å². The molecule has 2 aromatic rings. The Morgan fingerprint density at radius 1 is 1.03 bits per heavy atom. The molecule has 1 heterocycles. The summed E-state index contributed by atoms with van der Waals surface area (Å²) in [5, 5.41) is 5.67. The van der Waals surface area contributed by atoms with Crippen LogP contribution >= 0.6 is 0 Å². The zero-order chi connectivity index (χ0) is 23.1. The van der Waals surface area contributed by atoms with Crippen molar-refractivity contribution in [2.24, 2.45) is 0 Å². The van der Waals surface area contributed by atoms with Gasteiger partial charge in [-0.25, -0.2) is 4.79 Å². The van der Waals surface area contributed by atoms with Crippen LogP contribution in [0.5, 0.6) is 0 Å². The van der Waals surface area contributed by atoms with Crippen LogP contribution in [-0.4, -0.2) is 59.9 Å². The molecule has 1 aliphatic rings. The third kappa shape index (κ3) is 5.16. The number of carbonyl (C=O) groups is 3. The molecule has 32 heavy (non-hydrogen) atoms. The van der Waals surface area contributed by atoms with Gasteiger partial charge in [0.05, 0.1) is 0 Å². The monoisotopic (exact) mass is 436 g/mol. The van der Waals surface area contributed by atoms with Gasteiger partial charge in [0.25, 0.3) is 5.91 Å². The molecule has 2 aromatic carbocycles. The lowest BCUT2D eigenvalue weighted by atomic mass is 9.92. The molecular formula is C25H32N4O3. The molecule has 1 fully saturated rings. The summed E-state index contributed by atoms with van der Waals surface area (Å²) < 4.78 is 0. The number of benzene rings is 2. The molecule has 0 saturated carbocycles. The Kier molecular flexibility index (Phi) is 7.64. The molecule has 7 nitrogen and oxygen atoms in total. The van der Waals surface area contributed by atoms with E-state index >= 15 is 0 Å². The molecule has 0 radical (unpaired) electrons. The van der Waals surface area contributed by atoms with Crippen LogP contribution in [0.1, 0.15) is 31.9 Å². The smallest absolute Gasteiger partial charge is 0.325 e. The number of likely N-dealkylation sites (N-methyl/N-ethyl adjacent to an activating group) is 1. The number of imide groups is 1. The SMILES string of the molecule is CCN(CC)C(CNC(=O)CN1C(=O)NC(C)(c2ccccc2)C1=O)Cc1ccccc1. The number of rotatable bonds is 10. The summed E-state index contributed by atoms with van der Waals surface area (Å²) in [5.74, 6) is -0.774. The van der Waals surface area contributed by atoms with Gasteiger partial charge in [0.1, 0.15) is 12.1 Å². The van der Waals surface area contributed by atoms with Crippen molar-refractivity contribution in [3.8, 4) is 0 Å². The second-order valence-electron chi connectivity index (χ2n) is 8.18. The summed E-state index contributed by atoms with van der Waals surface area (Å²) in [5.41, 5.74) is 0.715. The van der Waals surface area contributed by atoms with Crippen molar-refractivity contribution in [1.82, 2.24) is 20.4 Å². The quantitative estimate of drug-likeness (QED) is 0.561. The summed E-state index contributed by atoms with van der Waals surface area (Å²) in [6.07, 6.45) is 0.804. The lowest BCUT2D eigenvalue weighted by Gasteiger charge is -2.30. The predicted molar refractivity (Wildman–Crippen MR) is 124 cm³/mol. The molecule has 7 heteroatoms. The fourth-order valence-electron chi connectivity index (χ4n) is 4.20. The van der Waals surface area contributed by atoms with Crippen LogP contribution in [0.3, 0.4) is 0 Å². The van der Waals surface area contributed by atoms with E-state index in [0.29, 0.717) is 12.1 Å². The minimum Gasteiger partial charge on any atom is -0.353 e. The molecule has 1 saturated heterocycles. The van der Waals surface area contributed by atoms with Crippen molar-refractivity contribution in [2.75, 3.05) is 26.2 Å². The molecule has 2 unspecified atom stereocenters. The van der Waals surface area contributed by atoms with Gasteiger partial charge in [0.15, 0.2) is 0 Å². The molecule has 0 aromatic heterocycles. The van der Waals surface area contributed by atoms with Gasteiger partial charge in [-0.2, -0.15) is 0 Å². The highest BCUT2D eigenvalue weighted by Crippen LogP contribution is 2.28. The van der Waals surface area contributed by atoms with Gasteiger partial charge >= 0.3 is 6.03 Å². The van der Waals surface area contributed by atoms with Crippen LogP contribution in [0.15, 0.2) is 60.7 Å². The number of nitrogens with zero attached hydrogens (tertiary/aromatic N) is 2. The van der Waals surface area contributed by atoms with Crippen molar-refractivity contribution in [3.63, 3.8) is 0 Å². The lowest BCUT2D eigenvalue weighted by Crippen LogP contribution is -2.48. The van der Waals surface area contributed by atoms with Crippen LogP contribution in [0, 0.1) is 0 Å². The van der Waals surface area contributed by atoms with Crippen LogP contribution in [0.25, 0.3) is 0 Å². The fraction of sp³-hybridized carbons (Fsp3) is 0.400. The summed E-state index contributed by atoms with van der Waals surface area (Å²) in [6.45, 7) is 7.73. The van der Waals surface area contributed by atoms with Crippen molar-refractivity contribution in [2.45, 2.75) is 38.8 Å². The number of amides is 4. The number of hydrogen-bond donors (Lipinski definition) is 2. The maximum atomic E-state index is 13.0. The van der Waals surface area contributed by atoms with Gasteiger partial charge in [0, 0.05) is 12.6 Å². The molecule has 2 atom stereocenters. The van der Waals surface area contributed by atoms with Gasteiger partial charge in [-0.05, 0) is 37.6 Å². The maximum absolute atomic E-state index is 13.0. The van der Waals surface area contributed by atoms with Crippen molar-refractivity contribution in [1.29, 1.82) is 0 Å². The number of nitrogens with one attached hydrogen (secondary N) is 2. The predicted octanol–water partition coefficient (Wildman–Crippen LogP) is 2.52. The zero-order valence-corrected chi connectivity index (χ0v) is 19.0. The molecular weight excluding hydrogens is 404 g/mol. The summed E-state index contributed by atoms with van der Waals surface area (Å²) in [4.78, 5) is 41.5. The normalized spacial score (nSPS) is 19.2. The summed E-state index contributed by atoms with van der Waals surface area (Å²) in [6, 6.07) is 18.8. The minimum atomic E-state index is -1.17. The minimum absolute atomic E-state index is 0.119. The molecule has 0 aliphatic carbocycles. The largest absolute Gasteiger partial charge is 0.353 e. The van der Waals surface area contributed by atoms with Crippen LogP contribution in [0.2, 0.25) is 0 Å². The van der Waals surface area contributed by atoms with Crippen LogP contribution in [-0.2, 0) is 21.5 Å². The summed E-state index contributed by atoms with van der Waals surface area (Å²) >= 11 is 0. The van der Waals surface area contributed by atoms with E-state index in [1.807, 2.05) is 36.4 Å². The van der Waals surface area contributed by atoms with Crippen molar-refractivity contribution in [3.05, 3.63) is 71.8 Å². The third-order valence-electron chi connectivity index (χ3n) is 6.11. The number of carbonyl (C=O) groups excluding carboxylic acids is 3. The first kappa shape index (κ1) is 23.5. The Labute approximate surface area is 189 Å². The molecule has 2 N–H and O–H groups in total. The van der Waals surface area contributed by atoms with E-state index in [1.54, 1.807) is 19.1 Å². The average molecular weight is 437 g/mol. The van der Waals surface area contributed by atoms with Crippen molar-refractivity contribution < 1.29 is 14.4 Å². The van der Waals surface area contributed by atoms with Gasteiger partial charge in [-0.15, -0.1) is 0 Å². The zero-order valence-electron chi connectivity index (χ0n) is 19.0. The van der Waals surface area contributed by atoms with Gasteiger partial charge in [-0.1, -0.05) is 74.5 Å². The molecule has 3 rings (SSSR count). The lowest BCUT2D eigenvalue weighted by molar-refractivity contribution is -0.134. The Hall–Kier alpha value is -3.19. The Bertz CT molecular complexity index is 931. The second-order valence-corrected chi connectivity index (χ2v) is 8.18. The Balaban J connectivity index is 1.63. The van der Waals surface area contributed by atoms with E-state index < -0.39 is 17.5 Å². The highest BCUT2D eigenvalue weighted by Gasteiger charge is 2.49. The van der Waals surface area contributed by atoms with Gasteiger partial charge in [0.2, 0.25) is 5.91 Å².